The molecule has 2 aromatic carbocycles. The summed E-state index contributed by atoms with van der Waals surface area (Å²) in [7, 11) is 1.27. The Balaban J connectivity index is 2.13. The normalized spacial score (nSPS) is 12.0. The van der Waals surface area contributed by atoms with Crippen LogP contribution in [0.1, 0.15) is 6.92 Å². The van der Waals surface area contributed by atoms with E-state index in [1.54, 1.807) is 13.0 Å². The third kappa shape index (κ3) is 3.51. The van der Waals surface area contributed by atoms with Gasteiger partial charge in [-0.3, -0.25) is 0 Å². The molecule has 0 amide bonds. The van der Waals surface area contributed by atoms with Crippen molar-refractivity contribution >= 4 is 28.5 Å². The van der Waals surface area contributed by atoms with E-state index >= 15 is 0 Å². The van der Waals surface area contributed by atoms with E-state index < -0.39 is 17.7 Å². The quantitative estimate of drug-likeness (QED) is 0.520. The van der Waals surface area contributed by atoms with Crippen LogP contribution in [0.3, 0.4) is 0 Å². The van der Waals surface area contributed by atoms with E-state index in [0.29, 0.717) is 21.6 Å². The van der Waals surface area contributed by atoms with E-state index in [2.05, 4.69) is 4.74 Å². The van der Waals surface area contributed by atoms with Gasteiger partial charge in [0, 0.05) is 17.5 Å². The van der Waals surface area contributed by atoms with Crippen molar-refractivity contribution in [1.82, 2.24) is 0 Å². The molecule has 25 heavy (non-hydrogen) atoms. The molecule has 1 aromatic heterocycles. The van der Waals surface area contributed by atoms with E-state index in [1.165, 1.54) is 19.2 Å². The molecule has 0 spiro atoms. The summed E-state index contributed by atoms with van der Waals surface area (Å²) in [5.41, 5.74) is 1.41. The fourth-order valence-electron chi connectivity index (χ4n) is 2.51. The molecule has 0 bridgehead atoms. The van der Waals surface area contributed by atoms with Gasteiger partial charge < -0.3 is 13.9 Å². The third-order valence-corrected chi connectivity index (χ3v) is 4.01. The molecule has 1 heterocycles. The summed E-state index contributed by atoms with van der Waals surface area (Å²) in [4.78, 5) is 23.5. The zero-order valence-corrected chi connectivity index (χ0v) is 14.4. The molecule has 3 aromatic rings. The van der Waals surface area contributed by atoms with Crippen molar-refractivity contribution in [2.24, 2.45) is 0 Å². The molecule has 0 N–H and O–H groups in total. The molecule has 3 rings (SSSR count). The summed E-state index contributed by atoms with van der Waals surface area (Å²) in [6.07, 6.45) is -0.844. The second kappa shape index (κ2) is 6.99. The number of esters is 1. The highest BCUT2D eigenvalue weighted by atomic mass is 35.5. The van der Waals surface area contributed by atoms with Crippen LogP contribution in [-0.4, -0.2) is 19.2 Å². The molecule has 1 atom stereocenters. The fourth-order valence-corrected chi connectivity index (χ4v) is 2.72. The fraction of sp³-hybridized carbons (Fsp3) is 0.158. The van der Waals surface area contributed by atoms with Crippen molar-refractivity contribution in [2.75, 3.05) is 7.11 Å². The topological polar surface area (TPSA) is 65.7 Å². The minimum absolute atomic E-state index is 0.237. The van der Waals surface area contributed by atoms with E-state index in [0.717, 1.165) is 5.56 Å². The lowest BCUT2D eigenvalue weighted by molar-refractivity contribution is -0.147. The van der Waals surface area contributed by atoms with Crippen molar-refractivity contribution in [2.45, 2.75) is 13.0 Å². The van der Waals surface area contributed by atoms with Crippen molar-refractivity contribution in [3.05, 3.63) is 64.0 Å². The lowest BCUT2D eigenvalue weighted by atomic mass is 10.0. The summed E-state index contributed by atoms with van der Waals surface area (Å²) in [6, 6.07) is 14.0. The summed E-state index contributed by atoms with van der Waals surface area (Å²) >= 11 is 6.30. The molecule has 0 aliphatic rings. The maximum Gasteiger partial charge on any atom is 0.346 e. The average molecular weight is 359 g/mol. The minimum atomic E-state index is -0.844. The monoisotopic (exact) mass is 358 g/mol. The molecule has 0 aliphatic carbocycles. The number of rotatable bonds is 4. The molecule has 1 unspecified atom stereocenters. The highest BCUT2D eigenvalue weighted by Gasteiger charge is 2.18. The van der Waals surface area contributed by atoms with Gasteiger partial charge in [-0.1, -0.05) is 41.9 Å². The number of ether oxygens (including phenoxy) is 2. The number of hydrogen-bond donors (Lipinski definition) is 0. The van der Waals surface area contributed by atoms with Crippen molar-refractivity contribution in [3.8, 4) is 16.9 Å². The number of methoxy groups -OCH3 is 1. The van der Waals surface area contributed by atoms with Gasteiger partial charge in [0.05, 0.1) is 12.1 Å². The summed E-state index contributed by atoms with van der Waals surface area (Å²) < 4.78 is 15.4. The predicted octanol–water partition coefficient (Wildman–Crippen LogP) is 4.05. The van der Waals surface area contributed by atoms with Gasteiger partial charge in [-0.15, -0.1) is 0 Å². The lowest BCUT2D eigenvalue weighted by Crippen LogP contribution is -2.25. The first-order chi connectivity index (χ1) is 12.0. The van der Waals surface area contributed by atoms with Gasteiger partial charge >= 0.3 is 11.6 Å². The molecule has 0 aliphatic heterocycles. The molecule has 128 valence electrons. The average Bonchev–Trinajstić information content (AvgIpc) is 2.62. The van der Waals surface area contributed by atoms with Crippen LogP contribution in [0, 0.1) is 0 Å². The molecule has 0 fully saturated rings. The van der Waals surface area contributed by atoms with Gasteiger partial charge in [0.25, 0.3) is 0 Å². The van der Waals surface area contributed by atoms with Gasteiger partial charge in [-0.05, 0) is 24.1 Å². The first-order valence-corrected chi connectivity index (χ1v) is 7.94. The summed E-state index contributed by atoms with van der Waals surface area (Å²) in [6.45, 7) is 1.54. The molecule has 6 heteroatoms. The highest BCUT2D eigenvalue weighted by Crippen LogP contribution is 2.35. The molecule has 0 saturated heterocycles. The van der Waals surface area contributed by atoms with E-state index in [4.69, 9.17) is 20.8 Å². The Morgan fingerprint density at radius 1 is 1.16 bits per heavy atom. The SMILES string of the molecule is COC(=O)C(C)Oc1cc2oc(=O)cc(-c3ccccc3)c2cc1Cl. The molecular formula is C19H15ClO5. The Hall–Kier alpha value is -2.79. The van der Waals surface area contributed by atoms with Crippen LogP contribution in [0.2, 0.25) is 5.02 Å². The molecule has 5 nitrogen and oxygen atoms in total. The lowest BCUT2D eigenvalue weighted by Gasteiger charge is -2.14. The smallest absolute Gasteiger partial charge is 0.346 e. The number of carbonyl (C=O) groups is 1. The van der Waals surface area contributed by atoms with Crippen LogP contribution in [0.5, 0.6) is 5.75 Å². The number of benzene rings is 2. The van der Waals surface area contributed by atoms with Crippen LogP contribution >= 0.6 is 11.6 Å². The number of carbonyl (C=O) groups excluding carboxylic acids is 1. The largest absolute Gasteiger partial charge is 0.477 e. The van der Waals surface area contributed by atoms with E-state index in [9.17, 15) is 9.59 Å². The zero-order chi connectivity index (χ0) is 18.0. The Kier molecular flexibility index (Phi) is 4.76. The first-order valence-electron chi connectivity index (χ1n) is 7.57. The third-order valence-electron chi connectivity index (χ3n) is 3.72. The van der Waals surface area contributed by atoms with Crippen LogP contribution in [-0.2, 0) is 9.53 Å². The van der Waals surface area contributed by atoms with Gasteiger partial charge in [-0.25, -0.2) is 9.59 Å². The second-order valence-electron chi connectivity index (χ2n) is 5.41. The Labute approximate surface area is 148 Å². The van der Waals surface area contributed by atoms with Crippen LogP contribution in [0.25, 0.3) is 22.1 Å². The maximum atomic E-state index is 11.9. The van der Waals surface area contributed by atoms with Gasteiger partial charge in [0.1, 0.15) is 11.3 Å². The standard InChI is InChI=1S/C19H15ClO5/c1-11(19(22)23-2)24-17-10-16-14(8-15(17)20)13(9-18(21)25-16)12-6-4-3-5-7-12/h3-11H,1-2H3. The van der Waals surface area contributed by atoms with E-state index in [-0.39, 0.29) is 5.75 Å². The molecule has 0 saturated carbocycles. The Morgan fingerprint density at radius 2 is 1.88 bits per heavy atom. The molecular weight excluding hydrogens is 344 g/mol. The zero-order valence-electron chi connectivity index (χ0n) is 13.6. The Morgan fingerprint density at radius 3 is 2.56 bits per heavy atom. The molecule has 0 radical (unpaired) electrons. The summed E-state index contributed by atoms with van der Waals surface area (Å²) in [5.74, 6) is -0.295. The maximum absolute atomic E-state index is 11.9. The summed E-state index contributed by atoms with van der Waals surface area (Å²) in [5, 5.41) is 0.975. The minimum Gasteiger partial charge on any atom is -0.477 e. The van der Waals surface area contributed by atoms with Crippen LogP contribution in [0.15, 0.2) is 57.7 Å². The number of hydrogen-bond acceptors (Lipinski definition) is 5. The number of fused-ring (bicyclic) bond motifs is 1. The van der Waals surface area contributed by atoms with Crippen LogP contribution in [0.4, 0.5) is 0 Å². The first kappa shape index (κ1) is 17.0. The number of halogens is 1. The van der Waals surface area contributed by atoms with E-state index in [1.807, 2.05) is 30.3 Å². The van der Waals surface area contributed by atoms with Crippen LogP contribution < -0.4 is 10.4 Å². The Bertz CT molecular complexity index is 978. The predicted molar refractivity (Wildman–Crippen MR) is 95.0 cm³/mol. The van der Waals surface area contributed by atoms with Gasteiger partial charge in [0.2, 0.25) is 0 Å². The van der Waals surface area contributed by atoms with Gasteiger partial charge in [0.15, 0.2) is 6.10 Å². The second-order valence-corrected chi connectivity index (χ2v) is 5.81. The van der Waals surface area contributed by atoms with Crippen molar-refractivity contribution in [1.29, 1.82) is 0 Å². The van der Waals surface area contributed by atoms with Crippen molar-refractivity contribution in [3.63, 3.8) is 0 Å². The van der Waals surface area contributed by atoms with Gasteiger partial charge in [-0.2, -0.15) is 0 Å². The highest BCUT2D eigenvalue weighted by molar-refractivity contribution is 6.33. The van der Waals surface area contributed by atoms with Crippen molar-refractivity contribution < 1.29 is 18.7 Å².